The van der Waals surface area contributed by atoms with Gasteiger partial charge in [-0.1, -0.05) is 51.5 Å². The Morgan fingerprint density at radius 3 is 2.53 bits per heavy atom. The predicted molar refractivity (Wildman–Crippen MR) is 138 cm³/mol. The largest absolute Gasteiger partial charge is 0.332 e. The molecule has 36 heavy (non-hydrogen) atoms. The predicted octanol–water partition coefficient (Wildman–Crippen LogP) is 2.14. The Bertz CT molecular complexity index is 1710. The number of nitrogens with zero attached hydrogens (tertiary/aromatic N) is 7. The van der Waals surface area contributed by atoms with E-state index in [1.54, 1.807) is 16.8 Å². The van der Waals surface area contributed by atoms with Crippen LogP contribution in [0.15, 0.2) is 75.1 Å². The molecule has 5 rings (SSSR count). The van der Waals surface area contributed by atoms with Crippen molar-refractivity contribution in [1.29, 1.82) is 0 Å². The number of carbonyl (C=O) groups is 1. The summed E-state index contributed by atoms with van der Waals surface area (Å²) in [5.41, 5.74) is 2.70. The molecule has 0 bridgehead atoms. The Morgan fingerprint density at radius 2 is 1.78 bits per heavy atom. The van der Waals surface area contributed by atoms with Crippen LogP contribution in [0.2, 0.25) is 0 Å². The maximum atomic E-state index is 12.7. The summed E-state index contributed by atoms with van der Waals surface area (Å²) in [5.74, 6) is -0.336. The van der Waals surface area contributed by atoms with Crippen LogP contribution in [-0.4, -0.2) is 39.6 Å². The summed E-state index contributed by atoms with van der Waals surface area (Å²) in [4.78, 5) is 41.4. The second-order valence-corrected chi connectivity index (χ2v) is 9.12. The average Bonchev–Trinajstić information content (AvgIpc) is 3.51. The molecule has 0 spiro atoms. The standard InChI is InChI=1S/C24H21BrN8O3/c1-30-22-21(23(35)31(2)24(30)36)32(14-26-22)13-20(34)27-17-9-7-15(8-10-17)19-12-33(29-28-19)11-16-5-3-4-6-18(16)25/h3-10,12,14H,11,13H2,1-2H3,(H,27,34). The Kier molecular flexibility index (Phi) is 6.10. The molecule has 0 fully saturated rings. The molecule has 0 aliphatic rings. The monoisotopic (exact) mass is 548 g/mol. The van der Waals surface area contributed by atoms with Crippen molar-refractivity contribution in [3.63, 3.8) is 0 Å². The number of halogens is 1. The van der Waals surface area contributed by atoms with E-state index in [1.165, 1.54) is 29.6 Å². The van der Waals surface area contributed by atoms with E-state index in [9.17, 15) is 14.4 Å². The number of nitrogens with one attached hydrogen (secondary N) is 1. The number of hydrogen-bond acceptors (Lipinski definition) is 6. The highest BCUT2D eigenvalue weighted by Crippen LogP contribution is 2.21. The molecular formula is C24H21BrN8O3. The third-order valence-corrected chi connectivity index (χ3v) is 6.60. The molecule has 1 amide bonds. The van der Waals surface area contributed by atoms with E-state index in [0.29, 0.717) is 17.9 Å². The van der Waals surface area contributed by atoms with Crippen molar-refractivity contribution in [2.24, 2.45) is 14.1 Å². The Morgan fingerprint density at radius 1 is 1.03 bits per heavy atom. The van der Waals surface area contributed by atoms with Gasteiger partial charge in [-0.2, -0.15) is 0 Å². The van der Waals surface area contributed by atoms with Crippen LogP contribution in [0.1, 0.15) is 5.56 Å². The highest BCUT2D eigenvalue weighted by molar-refractivity contribution is 9.10. The maximum Gasteiger partial charge on any atom is 0.332 e. The minimum atomic E-state index is -0.504. The van der Waals surface area contributed by atoms with E-state index in [1.807, 2.05) is 42.6 Å². The van der Waals surface area contributed by atoms with Gasteiger partial charge in [0.15, 0.2) is 11.2 Å². The first-order valence-electron chi connectivity index (χ1n) is 11.0. The Hall–Kier alpha value is -4.32. The average molecular weight is 549 g/mol. The van der Waals surface area contributed by atoms with Gasteiger partial charge in [-0.25, -0.2) is 14.5 Å². The van der Waals surface area contributed by atoms with E-state index in [4.69, 9.17) is 0 Å². The first-order chi connectivity index (χ1) is 17.3. The van der Waals surface area contributed by atoms with Gasteiger partial charge in [0.1, 0.15) is 12.2 Å². The zero-order valence-electron chi connectivity index (χ0n) is 19.4. The number of rotatable bonds is 6. The lowest BCUT2D eigenvalue weighted by Crippen LogP contribution is -2.37. The molecule has 182 valence electrons. The molecule has 2 aromatic carbocycles. The normalized spacial score (nSPS) is 11.2. The van der Waals surface area contributed by atoms with Crippen LogP contribution >= 0.6 is 15.9 Å². The maximum absolute atomic E-state index is 12.7. The van der Waals surface area contributed by atoms with Gasteiger partial charge in [-0.3, -0.25) is 18.7 Å². The van der Waals surface area contributed by atoms with Crippen molar-refractivity contribution in [3.05, 3.63) is 91.9 Å². The summed E-state index contributed by atoms with van der Waals surface area (Å²) < 4.78 is 6.48. The van der Waals surface area contributed by atoms with Crippen molar-refractivity contribution < 1.29 is 4.79 Å². The summed E-state index contributed by atoms with van der Waals surface area (Å²) in [6, 6.07) is 15.2. The SMILES string of the molecule is Cn1c(=O)c2c(ncn2CC(=O)Nc2ccc(-c3cn(Cc4ccccc4Br)nn3)cc2)n(C)c1=O. The number of benzene rings is 2. The van der Waals surface area contributed by atoms with Crippen LogP contribution in [0.25, 0.3) is 22.4 Å². The molecule has 3 heterocycles. The van der Waals surface area contributed by atoms with Crippen molar-refractivity contribution in [2.45, 2.75) is 13.1 Å². The fraction of sp³-hybridized carbons (Fsp3) is 0.167. The van der Waals surface area contributed by atoms with Gasteiger partial charge in [0.05, 0.1) is 19.1 Å². The van der Waals surface area contributed by atoms with Crippen LogP contribution in [0.4, 0.5) is 5.69 Å². The van der Waals surface area contributed by atoms with E-state index in [2.05, 4.69) is 36.5 Å². The van der Waals surface area contributed by atoms with Crippen LogP contribution in [-0.2, 0) is 32.0 Å². The number of fused-ring (bicyclic) bond motifs is 1. The second kappa shape index (κ2) is 9.38. The third kappa shape index (κ3) is 4.38. The number of amides is 1. The number of carbonyl (C=O) groups excluding carboxylic acids is 1. The Balaban J connectivity index is 1.28. The fourth-order valence-electron chi connectivity index (χ4n) is 3.91. The molecular weight excluding hydrogens is 528 g/mol. The quantitative estimate of drug-likeness (QED) is 0.347. The molecule has 11 nitrogen and oxygen atoms in total. The lowest BCUT2D eigenvalue weighted by Gasteiger charge is -2.08. The van der Waals surface area contributed by atoms with Crippen molar-refractivity contribution in [3.8, 4) is 11.3 Å². The van der Waals surface area contributed by atoms with Gasteiger partial charge >= 0.3 is 5.69 Å². The second-order valence-electron chi connectivity index (χ2n) is 8.27. The summed E-state index contributed by atoms with van der Waals surface area (Å²) in [6.07, 6.45) is 3.25. The molecule has 0 atom stereocenters. The molecule has 0 aliphatic heterocycles. The molecule has 12 heteroatoms. The lowest BCUT2D eigenvalue weighted by molar-refractivity contribution is -0.116. The molecule has 0 aliphatic carbocycles. The summed E-state index contributed by atoms with van der Waals surface area (Å²) in [7, 11) is 2.92. The molecule has 0 saturated heterocycles. The van der Waals surface area contributed by atoms with Crippen molar-refractivity contribution in [2.75, 3.05) is 5.32 Å². The Labute approximate surface area is 212 Å². The topological polar surface area (TPSA) is 122 Å². The minimum Gasteiger partial charge on any atom is -0.325 e. The number of aromatic nitrogens is 7. The van der Waals surface area contributed by atoms with Gasteiger partial charge in [0.25, 0.3) is 5.56 Å². The smallest absolute Gasteiger partial charge is 0.325 e. The van der Waals surface area contributed by atoms with Gasteiger partial charge in [-0.15, -0.1) is 5.10 Å². The van der Waals surface area contributed by atoms with E-state index < -0.39 is 11.2 Å². The molecule has 1 N–H and O–H groups in total. The first-order valence-corrected chi connectivity index (χ1v) is 11.8. The number of aryl methyl sites for hydroxylation is 1. The van der Waals surface area contributed by atoms with Crippen LogP contribution in [0.5, 0.6) is 0 Å². The highest BCUT2D eigenvalue weighted by Gasteiger charge is 2.16. The lowest BCUT2D eigenvalue weighted by atomic mass is 10.1. The molecule has 0 radical (unpaired) electrons. The highest BCUT2D eigenvalue weighted by atomic mass is 79.9. The van der Waals surface area contributed by atoms with Gasteiger partial charge < -0.3 is 9.88 Å². The summed E-state index contributed by atoms with van der Waals surface area (Å²) >= 11 is 3.54. The third-order valence-electron chi connectivity index (χ3n) is 5.82. The van der Waals surface area contributed by atoms with E-state index >= 15 is 0 Å². The van der Waals surface area contributed by atoms with Gasteiger partial charge in [0, 0.05) is 29.8 Å². The van der Waals surface area contributed by atoms with Gasteiger partial charge in [-0.05, 0) is 23.8 Å². The molecule has 0 saturated carbocycles. The number of hydrogen-bond donors (Lipinski definition) is 1. The van der Waals surface area contributed by atoms with Crippen molar-refractivity contribution >= 4 is 38.7 Å². The fourth-order valence-corrected chi connectivity index (χ4v) is 4.32. The molecule has 3 aromatic heterocycles. The van der Waals surface area contributed by atoms with Crippen LogP contribution in [0, 0.1) is 0 Å². The number of anilines is 1. The van der Waals surface area contributed by atoms with Crippen molar-refractivity contribution in [1.82, 2.24) is 33.7 Å². The van der Waals surface area contributed by atoms with Crippen LogP contribution < -0.4 is 16.6 Å². The zero-order valence-corrected chi connectivity index (χ0v) is 21.0. The molecule has 0 unspecified atom stereocenters. The zero-order chi connectivity index (χ0) is 25.4. The first kappa shape index (κ1) is 23.4. The van der Waals surface area contributed by atoms with Crippen LogP contribution in [0.3, 0.4) is 0 Å². The van der Waals surface area contributed by atoms with E-state index in [-0.39, 0.29) is 23.6 Å². The minimum absolute atomic E-state index is 0.130. The number of imidazole rings is 1. The van der Waals surface area contributed by atoms with Gasteiger partial charge in [0.2, 0.25) is 5.91 Å². The summed E-state index contributed by atoms with van der Waals surface area (Å²) in [6.45, 7) is 0.456. The molecule has 5 aromatic rings. The van der Waals surface area contributed by atoms with E-state index in [0.717, 1.165) is 20.2 Å². The summed E-state index contributed by atoms with van der Waals surface area (Å²) in [5, 5.41) is 11.3.